The van der Waals surface area contributed by atoms with Crippen molar-refractivity contribution >= 4 is 6.08 Å². The molecule has 0 saturated carbocycles. The van der Waals surface area contributed by atoms with E-state index in [2.05, 4.69) is 4.74 Å². The van der Waals surface area contributed by atoms with E-state index in [9.17, 15) is 10.1 Å². The highest BCUT2D eigenvalue weighted by atomic mass is 16.7. The first-order valence-corrected chi connectivity index (χ1v) is 4.75. The van der Waals surface area contributed by atoms with Crippen LogP contribution in [-0.4, -0.2) is 26.3 Å². The minimum atomic E-state index is -0.612. The predicted octanol–water partition coefficient (Wildman–Crippen LogP) is 1.93. The number of nitrogens with zero attached hydrogens (tertiary/aromatic N) is 1. The molecule has 0 fully saturated rings. The second-order valence-corrected chi connectivity index (χ2v) is 3.03. The Morgan fingerprint density at radius 2 is 2.00 bits per heavy atom. The summed E-state index contributed by atoms with van der Waals surface area (Å²) in [6.07, 6.45) is 1.28. The molecule has 92 valence electrons. The van der Waals surface area contributed by atoms with Crippen LogP contribution < -0.4 is 9.47 Å². The van der Waals surface area contributed by atoms with E-state index in [1.54, 1.807) is 18.2 Å². The molecule has 1 aromatic carbocycles. The molecule has 17 heavy (non-hydrogen) atoms. The Bertz CT molecular complexity index is 441. The van der Waals surface area contributed by atoms with Gasteiger partial charge >= 0.3 is 5.88 Å². The Balaban J connectivity index is 3.26. The van der Waals surface area contributed by atoms with E-state index in [-0.39, 0.29) is 5.88 Å². The van der Waals surface area contributed by atoms with E-state index in [0.717, 1.165) is 0 Å². The molecule has 0 N–H and O–H groups in total. The van der Waals surface area contributed by atoms with Crippen LogP contribution in [0.15, 0.2) is 24.1 Å². The summed E-state index contributed by atoms with van der Waals surface area (Å²) in [5.41, 5.74) is 0.514. The Hall–Kier alpha value is -2.24. The van der Waals surface area contributed by atoms with E-state index in [4.69, 9.17) is 9.47 Å². The van der Waals surface area contributed by atoms with Gasteiger partial charge in [-0.15, -0.1) is 0 Å². The van der Waals surface area contributed by atoms with E-state index >= 15 is 0 Å². The number of para-hydroxylation sites is 1. The van der Waals surface area contributed by atoms with Gasteiger partial charge in [-0.25, -0.2) is 0 Å². The third-order valence-corrected chi connectivity index (χ3v) is 2.10. The van der Waals surface area contributed by atoms with Gasteiger partial charge in [0, 0.05) is 5.56 Å². The quantitative estimate of drug-likeness (QED) is 0.446. The molecule has 6 nitrogen and oxygen atoms in total. The molecule has 1 aromatic rings. The Labute approximate surface area is 98.6 Å². The smallest absolute Gasteiger partial charge is 0.428 e. The molecule has 0 saturated heterocycles. The molecule has 0 bridgehead atoms. The minimum Gasteiger partial charge on any atom is -0.493 e. The fraction of sp³-hybridized carbons (Fsp3) is 0.273. The van der Waals surface area contributed by atoms with Gasteiger partial charge in [0.1, 0.15) is 4.92 Å². The van der Waals surface area contributed by atoms with Gasteiger partial charge in [-0.3, -0.25) is 10.1 Å². The van der Waals surface area contributed by atoms with Gasteiger partial charge in [-0.1, -0.05) is 12.1 Å². The van der Waals surface area contributed by atoms with Crippen LogP contribution in [0.5, 0.6) is 11.5 Å². The lowest BCUT2D eigenvalue weighted by Gasteiger charge is -2.09. The van der Waals surface area contributed by atoms with Crippen LogP contribution in [0.1, 0.15) is 5.56 Å². The van der Waals surface area contributed by atoms with Gasteiger partial charge in [0.05, 0.1) is 27.4 Å². The van der Waals surface area contributed by atoms with Crippen molar-refractivity contribution in [3.8, 4) is 11.5 Å². The van der Waals surface area contributed by atoms with Crippen molar-refractivity contribution in [2.75, 3.05) is 21.3 Å². The largest absolute Gasteiger partial charge is 0.493 e. The molecule has 0 aliphatic rings. The summed E-state index contributed by atoms with van der Waals surface area (Å²) >= 11 is 0. The maximum Gasteiger partial charge on any atom is 0.428 e. The second kappa shape index (κ2) is 5.74. The summed E-state index contributed by atoms with van der Waals surface area (Å²) in [4.78, 5) is 10.0. The molecule has 0 atom stereocenters. The maximum absolute atomic E-state index is 10.6. The zero-order chi connectivity index (χ0) is 12.8. The number of ether oxygens (including phenoxy) is 3. The standard InChI is InChI=1S/C11H13NO5/c1-15-9-6-4-5-8(11(9)17-3)7-10(16-2)12(13)14/h4-7H,1-3H3/b10-7+. The van der Waals surface area contributed by atoms with Gasteiger partial charge in [0.15, 0.2) is 11.5 Å². The van der Waals surface area contributed by atoms with Crippen LogP contribution in [0.3, 0.4) is 0 Å². The van der Waals surface area contributed by atoms with E-state index < -0.39 is 4.92 Å². The summed E-state index contributed by atoms with van der Waals surface area (Å²) in [5, 5.41) is 10.6. The molecule has 6 heteroatoms. The Kier molecular flexibility index (Phi) is 4.33. The van der Waals surface area contributed by atoms with Crippen LogP contribution in [0.2, 0.25) is 0 Å². The molecule has 0 aromatic heterocycles. The zero-order valence-corrected chi connectivity index (χ0v) is 9.80. The van der Waals surface area contributed by atoms with Crippen molar-refractivity contribution in [1.29, 1.82) is 0 Å². The third-order valence-electron chi connectivity index (χ3n) is 2.10. The van der Waals surface area contributed by atoms with Gasteiger partial charge < -0.3 is 14.2 Å². The summed E-state index contributed by atoms with van der Waals surface area (Å²) in [6.45, 7) is 0. The average molecular weight is 239 g/mol. The number of benzene rings is 1. The monoisotopic (exact) mass is 239 g/mol. The van der Waals surface area contributed by atoms with Crippen LogP contribution in [0.4, 0.5) is 0 Å². The van der Waals surface area contributed by atoms with Crippen molar-refractivity contribution in [3.05, 3.63) is 39.8 Å². The summed E-state index contributed by atoms with van der Waals surface area (Å²) < 4.78 is 14.9. The van der Waals surface area contributed by atoms with Crippen LogP contribution in [0, 0.1) is 10.1 Å². The lowest BCUT2D eigenvalue weighted by molar-refractivity contribution is -0.459. The molecule has 0 unspecified atom stereocenters. The molecule has 0 aliphatic heterocycles. The fourth-order valence-corrected chi connectivity index (χ4v) is 1.34. The van der Waals surface area contributed by atoms with E-state index in [1.165, 1.54) is 27.4 Å². The van der Waals surface area contributed by atoms with Crippen molar-refractivity contribution in [1.82, 2.24) is 0 Å². The summed E-state index contributed by atoms with van der Waals surface area (Å²) in [6, 6.07) is 5.08. The first-order chi connectivity index (χ1) is 8.13. The number of nitro groups is 1. The molecule has 0 heterocycles. The van der Waals surface area contributed by atoms with Crippen LogP contribution >= 0.6 is 0 Å². The highest BCUT2D eigenvalue weighted by Gasteiger charge is 2.14. The SMILES string of the molecule is CO/C(=C/c1cccc(OC)c1OC)[N+](=O)[O-]. The molecule has 0 spiro atoms. The lowest BCUT2D eigenvalue weighted by atomic mass is 10.2. The Morgan fingerprint density at radius 1 is 1.29 bits per heavy atom. The zero-order valence-electron chi connectivity index (χ0n) is 9.80. The van der Waals surface area contributed by atoms with Crippen molar-refractivity contribution < 1.29 is 19.1 Å². The second-order valence-electron chi connectivity index (χ2n) is 3.03. The normalized spacial score (nSPS) is 10.9. The topological polar surface area (TPSA) is 70.8 Å². The van der Waals surface area contributed by atoms with Crippen molar-refractivity contribution in [2.45, 2.75) is 0 Å². The summed E-state index contributed by atoms with van der Waals surface area (Å²) in [5.74, 6) is 0.558. The lowest BCUT2D eigenvalue weighted by Crippen LogP contribution is -2.01. The van der Waals surface area contributed by atoms with Gasteiger partial charge in [-0.05, 0) is 6.07 Å². The van der Waals surface area contributed by atoms with Crippen molar-refractivity contribution in [2.24, 2.45) is 0 Å². The van der Waals surface area contributed by atoms with Crippen LogP contribution in [-0.2, 0) is 4.74 Å². The Morgan fingerprint density at radius 3 is 2.47 bits per heavy atom. The number of methoxy groups -OCH3 is 3. The average Bonchev–Trinajstić information content (AvgIpc) is 2.34. The number of hydrogen-bond acceptors (Lipinski definition) is 5. The first kappa shape index (κ1) is 12.8. The van der Waals surface area contributed by atoms with Gasteiger partial charge in [0.25, 0.3) is 0 Å². The number of rotatable bonds is 5. The molecule has 0 amide bonds. The van der Waals surface area contributed by atoms with Gasteiger partial charge in [-0.2, -0.15) is 0 Å². The summed E-state index contributed by atoms with van der Waals surface area (Å²) in [7, 11) is 4.20. The maximum atomic E-state index is 10.6. The molecular weight excluding hydrogens is 226 g/mol. The molecule has 0 aliphatic carbocycles. The first-order valence-electron chi connectivity index (χ1n) is 4.75. The molecule has 1 rings (SSSR count). The van der Waals surface area contributed by atoms with Crippen molar-refractivity contribution in [3.63, 3.8) is 0 Å². The number of hydrogen-bond donors (Lipinski definition) is 0. The predicted molar refractivity (Wildman–Crippen MR) is 61.5 cm³/mol. The highest BCUT2D eigenvalue weighted by molar-refractivity contribution is 5.62. The van der Waals surface area contributed by atoms with Crippen LogP contribution in [0.25, 0.3) is 6.08 Å². The molecule has 0 radical (unpaired) electrons. The molecular formula is C11H13NO5. The van der Waals surface area contributed by atoms with E-state index in [0.29, 0.717) is 17.1 Å². The van der Waals surface area contributed by atoms with Gasteiger partial charge in [0.2, 0.25) is 0 Å². The fourth-order valence-electron chi connectivity index (χ4n) is 1.34. The third kappa shape index (κ3) is 2.87. The minimum absolute atomic E-state index is 0.364. The van der Waals surface area contributed by atoms with E-state index in [1.807, 2.05) is 0 Å². The highest BCUT2D eigenvalue weighted by Crippen LogP contribution is 2.32.